The second kappa shape index (κ2) is 18.3. The van der Waals surface area contributed by atoms with Crippen LogP contribution in [-0.2, 0) is 9.59 Å². The molecule has 0 bridgehead atoms. The van der Waals surface area contributed by atoms with E-state index in [9.17, 15) is 19.8 Å². The van der Waals surface area contributed by atoms with E-state index in [0.717, 1.165) is 19.3 Å². The summed E-state index contributed by atoms with van der Waals surface area (Å²) in [7, 11) is 0. The van der Waals surface area contributed by atoms with E-state index in [2.05, 4.69) is 0 Å². The first kappa shape index (κ1) is 25.7. The van der Waals surface area contributed by atoms with E-state index in [1.165, 1.54) is 0 Å². The molecule has 0 spiro atoms. The van der Waals surface area contributed by atoms with Gasteiger partial charge in [0.1, 0.15) is 0 Å². The molecule has 0 amide bonds. The third kappa shape index (κ3) is 24.2. The fourth-order valence-corrected chi connectivity index (χ4v) is 1.07. The number of rotatable bonds is 8. The van der Waals surface area contributed by atoms with E-state index in [1.54, 1.807) is 0 Å². The molecule has 0 saturated carbocycles. The third-order valence-electron chi connectivity index (χ3n) is 1.76. The van der Waals surface area contributed by atoms with Crippen LogP contribution in [0.25, 0.3) is 0 Å². The van der Waals surface area contributed by atoms with Gasteiger partial charge in [0.15, 0.2) is 0 Å². The van der Waals surface area contributed by atoms with Gasteiger partial charge in [-0.05, 0) is 25.7 Å². The Morgan fingerprint density at radius 1 is 0.688 bits per heavy atom. The number of hydrogen-bond acceptors (Lipinski definition) is 4. The van der Waals surface area contributed by atoms with Gasteiger partial charge in [-0.3, -0.25) is 0 Å². The van der Waals surface area contributed by atoms with Crippen LogP contribution in [-0.4, -0.2) is 17.4 Å². The van der Waals surface area contributed by atoms with Crippen molar-refractivity contribution in [3.05, 3.63) is 0 Å². The summed E-state index contributed by atoms with van der Waals surface area (Å²) >= 11 is 0. The predicted molar refractivity (Wildman–Crippen MR) is 45.9 cm³/mol. The van der Waals surface area contributed by atoms with Crippen molar-refractivity contribution >= 4 is 11.9 Å². The number of hydrogen-bond donors (Lipinski definition) is 0. The van der Waals surface area contributed by atoms with Crippen LogP contribution in [0.1, 0.15) is 44.9 Å². The minimum absolute atomic E-state index is 0. The smallest absolute Gasteiger partial charge is 0.550 e. The summed E-state index contributed by atoms with van der Waals surface area (Å²) in [6, 6.07) is 0. The molecule has 5 nitrogen and oxygen atoms in total. The van der Waals surface area contributed by atoms with Gasteiger partial charge >= 0.3 is 59.1 Å². The van der Waals surface area contributed by atoms with Gasteiger partial charge in [-0.25, -0.2) is 0 Å². The molecule has 0 aliphatic rings. The van der Waals surface area contributed by atoms with Gasteiger partial charge in [-0.2, -0.15) is 0 Å². The molecule has 2 N–H and O–H groups in total. The van der Waals surface area contributed by atoms with Gasteiger partial charge in [-0.15, -0.1) is 0 Å². The van der Waals surface area contributed by atoms with Crippen molar-refractivity contribution in [3.8, 4) is 0 Å². The Kier molecular flexibility index (Phi) is 29.3. The number of carbonyl (C=O) groups excluding carboxylic acids is 2. The van der Waals surface area contributed by atoms with Gasteiger partial charge in [0, 0.05) is 11.9 Å². The molecule has 84 valence electrons. The molecular formula is C9H16Na2O5. The monoisotopic (exact) mass is 250 g/mol. The molecule has 0 radical (unpaired) electrons. The zero-order valence-electron chi connectivity index (χ0n) is 10.1. The predicted octanol–water partition coefficient (Wildman–Crippen LogP) is -7.60. The summed E-state index contributed by atoms with van der Waals surface area (Å²) in [5.41, 5.74) is 0. The molecule has 0 aliphatic carbocycles. The molecule has 0 aromatic rings. The number of carboxylic acid groups (broad SMARTS) is 2. The van der Waals surface area contributed by atoms with Crippen LogP contribution >= 0.6 is 0 Å². The summed E-state index contributed by atoms with van der Waals surface area (Å²) in [4.78, 5) is 20.0. The Hall–Kier alpha value is 0.900. The first-order chi connectivity index (χ1) is 6.13. The topological polar surface area (TPSA) is 112 Å². The van der Waals surface area contributed by atoms with E-state index in [4.69, 9.17) is 0 Å². The molecule has 0 heterocycles. The first-order valence-corrected chi connectivity index (χ1v) is 4.52. The van der Waals surface area contributed by atoms with E-state index in [0.29, 0.717) is 12.8 Å². The van der Waals surface area contributed by atoms with Crippen LogP contribution in [0.3, 0.4) is 0 Å². The summed E-state index contributed by atoms with van der Waals surface area (Å²) in [6.45, 7) is 0. The molecular weight excluding hydrogens is 234 g/mol. The van der Waals surface area contributed by atoms with E-state index in [-0.39, 0.29) is 77.4 Å². The fraction of sp³-hybridized carbons (Fsp3) is 0.778. The molecule has 0 unspecified atom stereocenters. The molecule has 7 heteroatoms. The molecule has 0 aromatic heterocycles. The van der Waals surface area contributed by atoms with E-state index >= 15 is 0 Å². The summed E-state index contributed by atoms with van der Waals surface area (Å²) in [5.74, 6) is -2.04. The Morgan fingerprint density at radius 2 is 0.938 bits per heavy atom. The zero-order valence-corrected chi connectivity index (χ0v) is 14.1. The standard InChI is InChI=1S/C9H16O4.2Na.H2O/c10-8(11)6-4-2-1-3-5-7-9(12)13;;;/h1-7H2,(H,10,11)(H,12,13);;;1H2/q;2*+1;/p-2. The Balaban J connectivity index is -0.000000240. The SMILES string of the molecule is O.O=C([O-])CCCCCCCC(=O)[O-].[Na+].[Na+]. The summed E-state index contributed by atoms with van der Waals surface area (Å²) in [6.07, 6.45) is 3.95. The van der Waals surface area contributed by atoms with Crippen LogP contribution in [0.15, 0.2) is 0 Å². The van der Waals surface area contributed by atoms with Crippen LogP contribution in [0.4, 0.5) is 0 Å². The van der Waals surface area contributed by atoms with E-state index < -0.39 is 11.9 Å². The number of unbranched alkanes of at least 4 members (excludes halogenated alkanes) is 4. The molecule has 0 rings (SSSR count). The first-order valence-electron chi connectivity index (χ1n) is 4.52. The summed E-state index contributed by atoms with van der Waals surface area (Å²) in [5, 5.41) is 20.0. The quantitative estimate of drug-likeness (QED) is 0.314. The second-order valence-electron chi connectivity index (χ2n) is 3.01. The van der Waals surface area contributed by atoms with Gasteiger partial charge < -0.3 is 25.3 Å². The molecule has 0 fully saturated rings. The average Bonchev–Trinajstić information content (AvgIpc) is 2.01. The maximum absolute atomic E-state index is 9.98. The maximum atomic E-state index is 9.98. The number of aliphatic carboxylic acids is 2. The molecule has 0 aromatic carbocycles. The van der Waals surface area contributed by atoms with Crippen molar-refractivity contribution in [2.24, 2.45) is 0 Å². The van der Waals surface area contributed by atoms with Gasteiger partial charge in [-0.1, -0.05) is 19.3 Å². The average molecular weight is 250 g/mol. The van der Waals surface area contributed by atoms with Gasteiger partial charge in [0.05, 0.1) is 0 Å². The van der Waals surface area contributed by atoms with Crippen molar-refractivity contribution in [2.45, 2.75) is 44.9 Å². The third-order valence-corrected chi connectivity index (χ3v) is 1.76. The van der Waals surface area contributed by atoms with Crippen LogP contribution in [0.5, 0.6) is 0 Å². The minimum Gasteiger partial charge on any atom is -0.550 e. The number of carbonyl (C=O) groups is 2. The normalized spacial score (nSPS) is 8.00. The molecule has 0 atom stereocenters. The van der Waals surface area contributed by atoms with Crippen LogP contribution in [0.2, 0.25) is 0 Å². The molecule has 16 heavy (non-hydrogen) atoms. The fourth-order valence-electron chi connectivity index (χ4n) is 1.07. The van der Waals surface area contributed by atoms with Crippen LogP contribution < -0.4 is 69.3 Å². The van der Waals surface area contributed by atoms with E-state index in [1.807, 2.05) is 0 Å². The Morgan fingerprint density at radius 3 is 1.19 bits per heavy atom. The van der Waals surface area contributed by atoms with Crippen molar-refractivity contribution in [3.63, 3.8) is 0 Å². The van der Waals surface area contributed by atoms with Crippen molar-refractivity contribution < 1.29 is 84.4 Å². The molecule has 0 aliphatic heterocycles. The van der Waals surface area contributed by atoms with Crippen molar-refractivity contribution in [2.75, 3.05) is 0 Å². The van der Waals surface area contributed by atoms with Crippen molar-refractivity contribution in [1.29, 1.82) is 0 Å². The Labute approximate surface area is 140 Å². The minimum atomic E-state index is -1.02. The summed E-state index contributed by atoms with van der Waals surface area (Å²) < 4.78 is 0. The second-order valence-corrected chi connectivity index (χ2v) is 3.01. The van der Waals surface area contributed by atoms with Gasteiger partial charge in [0.2, 0.25) is 0 Å². The van der Waals surface area contributed by atoms with Crippen molar-refractivity contribution in [1.82, 2.24) is 0 Å². The molecule has 0 saturated heterocycles. The largest absolute Gasteiger partial charge is 1.00 e. The maximum Gasteiger partial charge on any atom is 1.00 e. The van der Waals surface area contributed by atoms with Crippen LogP contribution in [0, 0.1) is 0 Å². The van der Waals surface area contributed by atoms with Gasteiger partial charge in [0.25, 0.3) is 0 Å². The number of carboxylic acids is 2. The Bertz CT molecular complexity index is 157. The zero-order chi connectivity index (χ0) is 10.1.